The molecule has 0 aliphatic heterocycles. The summed E-state index contributed by atoms with van der Waals surface area (Å²) in [6, 6.07) is 6.17. The Labute approximate surface area is 127 Å². The van der Waals surface area contributed by atoms with Crippen molar-refractivity contribution in [3.63, 3.8) is 0 Å². The van der Waals surface area contributed by atoms with E-state index in [1.165, 1.54) is 25.7 Å². The molecule has 116 valence electrons. The molecule has 1 aliphatic rings. The van der Waals surface area contributed by atoms with Crippen LogP contribution in [0.2, 0.25) is 0 Å². The molecule has 0 saturated heterocycles. The summed E-state index contributed by atoms with van der Waals surface area (Å²) in [7, 11) is 2.10. The molecule has 0 radical (unpaired) electrons. The highest BCUT2D eigenvalue weighted by Crippen LogP contribution is 2.30. The molecule has 1 aromatic carbocycles. The van der Waals surface area contributed by atoms with Crippen molar-refractivity contribution in [2.24, 2.45) is 5.92 Å². The van der Waals surface area contributed by atoms with Gasteiger partial charge in [0.25, 0.3) is 0 Å². The Bertz CT molecular complexity index is 494. The molecule has 0 bridgehead atoms. The summed E-state index contributed by atoms with van der Waals surface area (Å²) in [6.07, 6.45) is 4.96. The second-order valence-electron chi connectivity index (χ2n) is 6.02. The monoisotopic (exact) mass is 290 g/mol. The molecule has 1 aliphatic carbocycles. The summed E-state index contributed by atoms with van der Waals surface area (Å²) in [4.78, 5) is 14.2. The van der Waals surface area contributed by atoms with Gasteiger partial charge in [-0.2, -0.15) is 0 Å². The van der Waals surface area contributed by atoms with Crippen molar-refractivity contribution >= 4 is 17.3 Å². The van der Waals surface area contributed by atoms with E-state index in [-0.39, 0.29) is 5.97 Å². The Balaban J connectivity index is 2.16. The fraction of sp³-hybridized carbons (Fsp3) is 0.588. The van der Waals surface area contributed by atoms with Gasteiger partial charge in [0.15, 0.2) is 0 Å². The van der Waals surface area contributed by atoms with Gasteiger partial charge in [-0.15, -0.1) is 0 Å². The molecule has 0 unspecified atom stereocenters. The van der Waals surface area contributed by atoms with Gasteiger partial charge in [0.2, 0.25) is 0 Å². The lowest BCUT2D eigenvalue weighted by molar-refractivity contribution is 0.0527. The van der Waals surface area contributed by atoms with Crippen molar-refractivity contribution in [1.29, 1.82) is 0 Å². The number of rotatable bonds is 4. The molecule has 1 aromatic rings. The molecule has 4 nitrogen and oxygen atoms in total. The number of carbonyl (C=O) groups is 1. The van der Waals surface area contributed by atoms with Crippen molar-refractivity contribution in [3.8, 4) is 0 Å². The summed E-state index contributed by atoms with van der Waals surface area (Å²) < 4.78 is 5.07. The van der Waals surface area contributed by atoms with Crippen LogP contribution in [0.5, 0.6) is 0 Å². The van der Waals surface area contributed by atoms with Crippen LogP contribution in [0, 0.1) is 5.92 Å². The Hall–Kier alpha value is -1.71. The van der Waals surface area contributed by atoms with Crippen LogP contribution in [0.15, 0.2) is 18.2 Å². The van der Waals surface area contributed by atoms with E-state index in [9.17, 15) is 4.79 Å². The van der Waals surface area contributed by atoms with E-state index >= 15 is 0 Å². The zero-order chi connectivity index (χ0) is 15.4. The Morgan fingerprint density at radius 3 is 2.62 bits per heavy atom. The molecule has 1 fully saturated rings. The van der Waals surface area contributed by atoms with E-state index in [0.29, 0.717) is 23.9 Å². The van der Waals surface area contributed by atoms with E-state index in [1.807, 2.05) is 12.1 Å². The van der Waals surface area contributed by atoms with E-state index in [2.05, 4.69) is 18.9 Å². The van der Waals surface area contributed by atoms with E-state index in [4.69, 9.17) is 10.5 Å². The third-order valence-electron chi connectivity index (χ3n) is 4.47. The molecule has 2 rings (SSSR count). The van der Waals surface area contributed by atoms with Crippen LogP contribution in [-0.4, -0.2) is 25.7 Å². The normalized spacial score (nSPS) is 21.9. The van der Waals surface area contributed by atoms with Crippen LogP contribution in [0.1, 0.15) is 49.9 Å². The molecule has 0 spiro atoms. The van der Waals surface area contributed by atoms with E-state index in [1.54, 1.807) is 13.0 Å². The van der Waals surface area contributed by atoms with Crippen molar-refractivity contribution < 1.29 is 9.53 Å². The van der Waals surface area contributed by atoms with Crippen LogP contribution >= 0.6 is 0 Å². The van der Waals surface area contributed by atoms with Crippen LogP contribution in [0.25, 0.3) is 0 Å². The molecule has 21 heavy (non-hydrogen) atoms. The number of nitrogens with two attached hydrogens (primary N) is 1. The third-order valence-corrected chi connectivity index (χ3v) is 4.47. The minimum absolute atomic E-state index is 0.345. The predicted molar refractivity (Wildman–Crippen MR) is 86.6 cm³/mol. The van der Waals surface area contributed by atoms with Crippen LogP contribution < -0.4 is 10.6 Å². The zero-order valence-corrected chi connectivity index (χ0v) is 13.3. The number of hydrogen-bond donors (Lipinski definition) is 1. The lowest BCUT2D eigenvalue weighted by atomic mass is 9.86. The number of anilines is 2. The molecule has 0 atom stereocenters. The average molecular weight is 290 g/mol. The first kappa shape index (κ1) is 15.7. The van der Waals surface area contributed by atoms with Gasteiger partial charge in [-0.1, -0.05) is 6.92 Å². The van der Waals surface area contributed by atoms with Gasteiger partial charge in [-0.05, 0) is 56.7 Å². The SMILES string of the molecule is CCOC(=O)c1cc(N(C)C2CCC(C)CC2)ccc1N. The summed E-state index contributed by atoms with van der Waals surface area (Å²) in [5.74, 6) is 0.485. The molecular weight excluding hydrogens is 264 g/mol. The molecule has 0 heterocycles. The van der Waals surface area contributed by atoms with Gasteiger partial charge in [-0.3, -0.25) is 0 Å². The number of benzene rings is 1. The molecular formula is C17H26N2O2. The summed E-state index contributed by atoms with van der Waals surface area (Å²) in [5.41, 5.74) is 7.87. The molecule has 0 amide bonds. The lowest BCUT2D eigenvalue weighted by Crippen LogP contribution is -2.34. The number of ether oxygens (including phenoxy) is 1. The minimum atomic E-state index is -0.345. The quantitative estimate of drug-likeness (QED) is 0.681. The second kappa shape index (κ2) is 6.83. The van der Waals surface area contributed by atoms with Crippen LogP contribution in [0.4, 0.5) is 11.4 Å². The van der Waals surface area contributed by atoms with Crippen molar-refractivity contribution in [3.05, 3.63) is 23.8 Å². The first-order valence-electron chi connectivity index (χ1n) is 7.82. The summed E-state index contributed by atoms with van der Waals surface area (Å²) in [6.45, 7) is 4.48. The van der Waals surface area contributed by atoms with Crippen molar-refractivity contribution in [2.75, 3.05) is 24.3 Å². The number of nitrogens with zero attached hydrogens (tertiary/aromatic N) is 1. The van der Waals surface area contributed by atoms with Gasteiger partial charge < -0.3 is 15.4 Å². The second-order valence-corrected chi connectivity index (χ2v) is 6.02. The predicted octanol–water partition coefficient (Wildman–Crippen LogP) is 3.46. The summed E-state index contributed by atoms with van der Waals surface area (Å²) >= 11 is 0. The average Bonchev–Trinajstić information content (AvgIpc) is 2.48. The lowest BCUT2D eigenvalue weighted by Gasteiger charge is -2.35. The third kappa shape index (κ3) is 3.69. The molecule has 1 saturated carbocycles. The smallest absolute Gasteiger partial charge is 0.340 e. The molecule has 4 heteroatoms. The molecule has 0 aromatic heterocycles. The summed E-state index contributed by atoms with van der Waals surface area (Å²) in [5, 5.41) is 0. The van der Waals surface area contributed by atoms with Crippen molar-refractivity contribution in [1.82, 2.24) is 0 Å². The highest BCUT2D eigenvalue weighted by molar-refractivity contribution is 5.96. The number of hydrogen-bond acceptors (Lipinski definition) is 4. The van der Waals surface area contributed by atoms with Gasteiger partial charge >= 0.3 is 5.97 Å². The maximum Gasteiger partial charge on any atom is 0.340 e. The fourth-order valence-electron chi connectivity index (χ4n) is 2.99. The largest absolute Gasteiger partial charge is 0.462 e. The first-order chi connectivity index (χ1) is 10.0. The number of esters is 1. The fourth-order valence-corrected chi connectivity index (χ4v) is 2.99. The van der Waals surface area contributed by atoms with Gasteiger partial charge in [-0.25, -0.2) is 4.79 Å². The first-order valence-corrected chi connectivity index (χ1v) is 7.82. The zero-order valence-electron chi connectivity index (χ0n) is 13.3. The topological polar surface area (TPSA) is 55.6 Å². The van der Waals surface area contributed by atoms with E-state index < -0.39 is 0 Å². The van der Waals surface area contributed by atoms with Gasteiger partial charge in [0.05, 0.1) is 12.2 Å². The molecule has 2 N–H and O–H groups in total. The van der Waals surface area contributed by atoms with Gasteiger partial charge in [0.1, 0.15) is 0 Å². The van der Waals surface area contributed by atoms with Crippen LogP contribution in [-0.2, 0) is 4.74 Å². The van der Waals surface area contributed by atoms with Gasteiger partial charge in [0, 0.05) is 24.5 Å². The van der Waals surface area contributed by atoms with Crippen molar-refractivity contribution in [2.45, 2.75) is 45.6 Å². The van der Waals surface area contributed by atoms with Crippen LogP contribution in [0.3, 0.4) is 0 Å². The number of carbonyl (C=O) groups excluding carboxylic acids is 1. The standard InChI is InChI=1S/C17H26N2O2/c1-4-21-17(20)15-11-14(9-10-16(15)18)19(3)13-7-5-12(2)6-8-13/h9-13H,4-8,18H2,1-3H3. The maximum absolute atomic E-state index is 11.9. The van der Waals surface area contributed by atoms with E-state index in [0.717, 1.165) is 11.6 Å². The number of nitrogen functional groups attached to an aromatic ring is 1. The highest BCUT2D eigenvalue weighted by atomic mass is 16.5. The maximum atomic E-state index is 11.9. The minimum Gasteiger partial charge on any atom is -0.462 e. The Kier molecular flexibility index (Phi) is 5.10. The Morgan fingerprint density at radius 2 is 2.00 bits per heavy atom. The Morgan fingerprint density at radius 1 is 1.33 bits per heavy atom. The highest BCUT2D eigenvalue weighted by Gasteiger charge is 2.23.